The Hall–Kier alpha value is -1.49. The number of nitriles is 1. The van der Waals surface area contributed by atoms with Gasteiger partial charge >= 0.3 is 0 Å². The predicted molar refractivity (Wildman–Crippen MR) is 71.0 cm³/mol. The summed E-state index contributed by atoms with van der Waals surface area (Å²) in [5.41, 5.74) is 3.11. The molecule has 0 unspecified atom stereocenters. The van der Waals surface area contributed by atoms with Gasteiger partial charge in [0.1, 0.15) is 0 Å². The zero-order chi connectivity index (χ0) is 12.1. The molecular weight excluding hydrogens is 208 g/mol. The maximum atomic E-state index is 8.84. The lowest BCUT2D eigenvalue weighted by molar-refractivity contribution is 0.619. The molecule has 0 radical (unpaired) electrons. The first-order valence-corrected chi connectivity index (χ1v) is 6.57. The standard InChI is InChI=1S/C15H20N2/c1-12-10-13(11-16)8-9-15(12)17-14-6-4-2-3-5-7-14/h8-10,14,17H,2-7H2,1H3. The molecule has 1 aromatic rings. The summed E-state index contributed by atoms with van der Waals surface area (Å²) in [5, 5.41) is 12.5. The third-order valence-electron chi connectivity index (χ3n) is 3.57. The van der Waals surface area contributed by atoms with Crippen LogP contribution in [0, 0.1) is 18.3 Å². The molecule has 1 N–H and O–H groups in total. The topological polar surface area (TPSA) is 35.8 Å². The molecule has 0 atom stereocenters. The minimum atomic E-state index is 0.615. The number of nitrogens with zero attached hydrogens (tertiary/aromatic N) is 1. The van der Waals surface area contributed by atoms with Gasteiger partial charge in [-0.15, -0.1) is 0 Å². The van der Waals surface area contributed by atoms with Crippen LogP contribution in [0.2, 0.25) is 0 Å². The van der Waals surface area contributed by atoms with Crippen molar-refractivity contribution < 1.29 is 0 Å². The van der Waals surface area contributed by atoms with E-state index in [4.69, 9.17) is 5.26 Å². The number of benzene rings is 1. The van der Waals surface area contributed by atoms with E-state index in [1.807, 2.05) is 18.2 Å². The smallest absolute Gasteiger partial charge is 0.0991 e. The Morgan fingerprint density at radius 3 is 2.47 bits per heavy atom. The van der Waals surface area contributed by atoms with Gasteiger partial charge in [0, 0.05) is 11.7 Å². The zero-order valence-electron chi connectivity index (χ0n) is 10.5. The second kappa shape index (κ2) is 5.72. The van der Waals surface area contributed by atoms with Crippen LogP contribution in [0.3, 0.4) is 0 Å². The third kappa shape index (κ3) is 3.23. The Morgan fingerprint density at radius 1 is 1.18 bits per heavy atom. The third-order valence-corrected chi connectivity index (χ3v) is 3.57. The molecule has 0 aromatic heterocycles. The van der Waals surface area contributed by atoms with Gasteiger partial charge in [-0.1, -0.05) is 25.7 Å². The number of rotatable bonds is 2. The Labute approximate surface area is 104 Å². The SMILES string of the molecule is Cc1cc(C#N)ccc1NC1CCCCCC1. The van der Waals surface area contributed by atoms with Crippen LogP contribution in [-0.2, 0) is 0 Å². The molecule has 0 heterocycles. The van der Waals surface area contributed by atoms with Gasteiger partial charge < -0.3 is 5.32 Å². The first-order chi connectivity index (χ1) is 8.29. The predicted octanol–water partition coefficient (Wildman–Crippen LogP) is 4.00. The van der Waals surface area contributed by atoms with E-state index < -0.39 is 0 Å². The van der Waals surface area contributed by atoms with E-state index in [2.05, 4.69) is 18.3 Å². The van der Waals surface area contributed by atoms with Crippen LogP contribution in [0.1, 0.15) is 49.7 Å². The quantitative estimate of drug-likeness (QED) is 0.776. The highest BCUT2D eigenvalue weighted by Gasteiger charge is 2.12. The molecular formula is C15H20N2. The second-order valence-corrected chi connectivity index (χ2v) is 4.97. The fourth-order valence-corrected chi connectivity index (χ4v) is 2.54. The summed E-state index contributed by atoms with van der Waals surface area (Å²) in [6, 6.07) is 8.69. The van der Waals surface area contributed by atoms with E-state index in [1.54, 1.807) is 0 Å². The Morgan fingerprint density at radius 2 is 1.88 bits per heavy atom. The van der Waals surface area contributed by atoms with Crippen molar-refractivity contribution >= 4 is 5.69 Å². The summed E-state index contributed by atoms with van der Waals surface area (Å²) >= 11 is 0. The summed E-state index contributed by atoms with van der Waals surface area (Å²) in [6.07, 6.45) is 7.99. The van der Waals surface area contributed by atoms with Gasteiger partial charge in [0.05, 0.1) is 11.6 Å². The van der Waals surface area contributed by atoms with E-state index in [0.717, 1.165) is 5.56 Å². The molecule has 2 heteroatoms. The van der Waals surface area contributed by atoms with Crippen LogP contribution in [0.25, 0.3) is 0 Å². The highest BCUT2D eigenvalue weighted by Crippen LogP contribution is 2.23. The Balaban J connectivity index is 2.05. The van der Waals surface area contributed by atoms with E-state index in [1.165, 1.54) is 49.8 Å². The maximum absolute atomic E-state index is 8.84. The first kappa shape index (κ1) is 12.0. The largest absolute Gasteiger partial charge is 0.382 e. The molecule has 0 spiro atoms. The minimum absolute atomic E-state index is 0.615. The molecule has 0 saturated heterocycles. The van der Waals surface area contributed by atoms with Crippen molar-refractivity contribution in [2.45, 2.75) is 51.5 Å². The highest BCUT2D eigenvalue weighted by molar-refractivity contribution is 5.54. The molecule has 1 fully saturated rings. The zero-order valence-corrected chi connectivity index (χ0v) is 10.5. The summed E-state index contributed by atoms with van der Waals surface area (Å²) in [4.78, 5) is 0. The van der Waals surface area contributed by atoms with Gasteiger partial charge in [-0.3, -0.25) is 0 Å². The first-order valence-electron chi connectivity index (χ1n) is 6.57. The summed E-state index contributed by atoms with van der Waals surface area (Å²) < 4.78 is 0. The van der Waals surface area contributed by atoms with Gasteiger partial charge in [0.15, 0.2) is 0 Å². The molecule has 2 rings (SSSR count). The summed E-state index contributed by atoms with van der Waals surface area (Å²) in [6.45, 7) is 2.07. The van der Waals surface area contributed by atoms with Crippen LogP contribution in [-0.4, -0.2) is 6.04 Å². The van der Waals surface area contributed by atoms with Gasteiger partial charge in [-0.05, 0) is 43.5 Å². The second-order valence-electron chi connectivity index (χ2n) is 4.97. The van der Waals surface area contributed by atoms with Crippen molar-refractivity contribution in [2.75, 3.05) is 5.32 Å². The molecule has 0 aliphatic heterocycles. The number of hydrogen-bond donors (Lipinski definition) is 1. The molecule has 1 aromatic carbocycles. The fourth-order valence-electron chi connectivity index (χ4n) is 2.54. The average Bonchev–Trinajstić information content (AvgIpc) is 2.60. The lowest BCUT2D eigenvalue weighted by Gasteiger charge is -2.19. The Bertz CT molecular complexity index is 409. The van der Waals surface area contributed by atoms with Crippen molar-refractivity contribution in [2.24, 2.45) is 0 Å². The normalized spacial score (nSPS) is 17.2. The molecule has 0 amide bonds. The number of anilines is 1. The van der Waals surface area contributed by atoms with Crippen LogP contribution >= 0.6 is 0 Å². The molecule has 1 aliphatic rings. The number of aryl methyl sites for hydroxylation is 1. The minimum Gasteiger partial charge on any atom is -0.382 e. The molecule has 17 heavy (non-hydrogen) atoms. The summed E-state index contributed by atoms with van der Waals surface area (Å²) in [5.74, 6) is 0. The van der Waals surface area contributed by atoms with Crippen molar-refractivity contribution in [1.29, 1.82) is 5.26 Å². The number of hydrogen-bond acceptors (Lipinski definition) is 2. The lowest BCUT2D eigenvalue weighted by atomic mass is 10.1. The van der Waals surface area contributed by atoms with Gasteiger partial charge in [0.2, 0.25) is 0 Å². The molecule has 2 nitrogen and oxygen atoms in total. The molecule has 90 valence electrons. The average molecular weight is 228 g/mol. The van der Waals surface area contributed by atoms with Crippen molar-refractivity contribution in [1.82, 2.24) is 0 Å². The number of nitrogens with one attached hydrogen (secondary N) is 1. The van der Waals surface area contributed by atoms with Crippen LogP contribution in [0.5, 0.6) is 0 Å². The van der Waals surface area contributed by atoms with Crippen LogP contribution in [0.4, 0.5) is 5.69 Å². The molecule has 1 saturated carbocycles. The van der Waals surface area contributed by atoms with E-state index in [0.29, 0.717) is 6.04 Å². The van der Waals surface area contributed by atoms with E-state index in [9.17, 15) is 0 Å². The summed E-state index contributed by atoms with van der Waals surface area (Å²) in [7, 11) is 0. The molecule has 0 bridgehead atoms. The van der Waals surface area contributed by atoms with Crippen molar-refractivity contribution in [3.8, 4) is 6.07 Å². The van der Waals surface area contributed by atoms with Gasteiger partial charge in [0.25, 0.3) is 0 Å². The van der Waals surface area contributed by atoms with Crippen molar-refractivity contribution in [3.05, 3.63) is 29.3 Å². The highest BCUT2D eigenvalue weighted by atomic mass is 14.9. The van der Waals surface area contributed by atoms with E-state index >= 15 is 0 Å². The lowest BCUT2D eigenvalue weighted by Crippen LogP contribution is -2.18. The molecule has 1 aliphatic carbocycles. The maximum Gasteiger partial charge on any atom is 0.0991 e. The Kier molecular flexibility index (Phi) is 4.03. The van der Waals surface area contributed by atoms with E-state index in [-0.39, 0.29) is 0 Å². The van der Waals surface area contributed by atoms with Crippen LogP contribution in [0.15, 0.2) is 18.2 Å². The van der Waals surface area contributed by atoms with Gasteiger partial charge in [-0.2, -0.15) is 5.26 Å². The van der Waals surface area contributed by atoms with Gasteiger partial charge in [-0.25, -0.2) is 0 Å². The van der Waals surface area contributed by atoms with Crippen molar-refractivity contribution in [3.63, 3.8) is 0 Å². The van der Waals surface area contributed by atoms with Crippen LogP contribution < -0.4 is 5.32 Å². The fraction of sp³-hybridized carbons (Fsp3) is 0.533. The monoisotopic (exact) mass is 228 g/mol.